The second-order valence-corrected chi connectivity index (χ2v) is 7.26. The molecule has 0 atom stereocenters. The van der Waals surface area contributed by atoms with Crippen LogP contribution in [0.5, 0.6) is 0 Å². The fourth-order valence-electron chi connectivity index (χ4n) is 3.84. The number of carbonyl (C=O) groups excluding carboxylic acids is 2. The molecular weight excluding hydrogens is 323 g/mol. The normalized spacial score (nSPS) is 20.2. The highest BCUT2D eigenvalue weighted by molar-refractivity contribution is 5.85. The third-order valence-electron chi connectivity index (χ3n) is 5.48. The minimum Gasteiger partial charge on any atom is -0.396 e. The van der Waals surface area contributed by atoms with Gasteiger partial charge >= 0.3 is 0 Å². The summed E-state index contributed by atoms with van der Waals surface area (Å²) in [5.74, 6) is -0.234. The molecule has 25 heavy (non-hydrogen) atoms. The second-order valence-electron chi connectivity index (χ2n) is 7.26. The number of aliphatic hydroxyl groups is 1. The Morgan fingerprint density at radius 2 is 2.00 bits per heavy atom. The lowest BCUT2D eigenvalue weighted by atomic mass is 9.74. The zero-order valence-corrected chi connectivity index (χ0v) is 14.4. The zero-order chi connectivity index (χ0) is 17.9. The number of carbonyl (C=O) groups is 2. The number of likely N-dealkylation sites (tertiary alicyclic amines) is 2. The first-order valence-corrected chi connectivity index (χ1v) is 8.92. The van der Waals surface area contributed by atoms with E-state index in [4.69, 9.17) is 0 Å². The van der Waals surface area contributed by atoms with E-state index < -0.39 is 0 Å². The molecule has 2 amide bonds. The van der Waals surface area contributed by atoms with E-state index in [1.807, 2.05) is 6.07 Å². The Bertz CT molecular complexity index is 641. The van der Waals surface area contributed by atoms with Gasteiger partial charge in [0.1, 0.15) is 5.82 Å². The molecule has 6 heteroatoms. The molecule has 0 bridgehead atoms. The van der Waals surface area contributed by atoms with E-state index in [0.29, 0.717) is 45.3 Å². The van der Waals surface area contributed by atoms with E-state index in [2.05, 4.69) is 0 Å². The smallest absolute Gasteiger partial charge is 0.242 e. The number of piperidine rings is 1. The van der Waals surface area contributed by atoms with Gasteiger partial charge in [-0.05, 0) is 43.4 Å². The van der Waals surface area contributed by atoms with E-state index in [-0.39, 0.29) is 36.2 Å². The lowest BCUT2D eigenvalue weighted by Gasteiger charge is -2.41. The van der Waals surface area contributed by atoms with Crippen LogP contribution < -0.4 is 0 Å². The van der Waals surface area contributed by atoms with Crippen LogP contribution in [0.1, 0.15) is 31.2 Å². The van der Waals surface area contributed by atoms with E-state index in [1.54, 1.807) is 15.9 Å². The highest BCUT2D eigenvalue weighted by Crippen LogP contribution is 2.35. The van der Waals surface area contributed by atoms with E-state index in [9.17, 15) is 19.1 Å². The molecule has 1 aromatic rings. The molecule has 1 N–H and O–H groups in total. The second kappa shape index (κ2) is 7.52. The first-order valence-electron chi connectivity index (χ1n) is 8.92. The van der Waals surface area contributed by atoms with Gasteiger partial charge in [-0.25, -0.2) is 4.39 Å². The van der Waals surface area contributed by atoms with Crippen LogP contribution in [0.25, 0.3) is 0 Å². The third kappa shape index (κ3) is 4.18. The van der Waals surface area contributed by atoms with Crippen LogP contribution >= 0.6 is 0 Å². The quantitative estimate of drug-likeness (QED) is 0.879. The van der Waals surface area contributed by atoms with Gasteiger partial charge < -0.3 is 14.9 Å². The minimum absolute atomic E-state index is 0.0208. The first kappa shape index (κ1) is 17.9. The third-order valence-corrected chi connectivity index (χ3v) is 5.48. The molecule has 2 saturated heterocycles. The standard InChI is InChI=1S/C19H25FN2O3/c20-16-4-1-3-15(11-16)12-19(14-23)6-9-21(10-7-19)18(25)13-22-8-2-5-17(22)24/h1,3-4,11,23H,2,5-10,12-14H2. The molecule has 1 aromatic carbocycles. The number of aliphatic hydroxyl groups excluding tert-OH is 1. The summed E-state index contributed by atoms with van der Waals surface area (Å²) in [7, 11) is 0. The van der Waals surface area contributed by atoms with Crippen molar-refractivity contribution in [2.75, 3.05) is 32.8 Å². The maximum absolute atomic E-state index is 13.4. The van der Waals surface area contributed by atoms with Gasteiger partial charge in [0.25, 0.3) is 0 Å². The van der Waals surface area contributed by atoms with Gasteiger partial charge in [-0.3, -0.25) is 9.59 Å². The molecule has 0 aromatic heterocycles. The molecule has 5 nitrogen and oxygen atoms in total. The SMILES string of the molecule is O=C(CN1CCCC1=O)N1CCC(CO)(Cc2cccc(F)c2)CC1. The van der Waals surface area contributed by atoms with E-state index in [0.717, 1.165) is 12.0 Å². The largest absolute Gasteiger partial charge is 0.396 e. The van der Waals surface area contributed by atoms with Crippen LogP contribution in [0.15, 0.2) is 24.3 Å². The number of hydrogen-bond acceptors (Lipinski definition) is 3. The fraction of sp³-hybridized carbons (Fsp3) is 0.579. The number of hydrogen-bond donors (Lipinski definition) is 1. The van der Waals surface area contributed by atoms with Crippen LogP contribution in [0.2, 0.25) is 0 Å². The molecule has 0 unspecified atom stereocenters. The first-order chi connectivity index (χ1) is 12.0. The summed E-state index contributed by atoms with van der Waals surface area (Å²) < 4.78 is 13.4. The Kier molecular flexibility index (Phi) is 5.37. The number of benzene rings is 1. The topological polar surface area (TPSA) is 60.9 Å². The molecule has 3 rings (SSSR count). The van der Waals surface area contributed by atoms with Crippen LogP contribution in [0, 0.1) is 11.2 Å². The molecule has 0 aliphatic carbocycles. The minimum atomic E-state index is -0.311. The Morgan fingerprint density at radius 1 is 1.24 bits per heavy atom. The number of nitrogens with zero attached hydrogens (tertiary/aromatic N) is 2. The monoisotopic (exact) mass is 348 g/mol. The van der Waals surface area contributed by atoms with Gasteiger partial charge in [0, 0.05) is 38.1 Å². The van der Waals surface area contributed by atoms with Crippen LogP contribution in [0.4, 0.5) is 4.39 Å². The summed E-state index contributed by atoms with van der Waals surface area (Å²) >= 11 is 0. The Hall–Kier alpha value is -1.95. The average molecular weight is 348 g/mol. The summed E-state index contributed by atoms with van der Waals surface area (Å²) in [5, 5.41) is 9.91. The van der Waals surface area contributed by atoms with Crippen LogP contribution in [-0.4, -0.2) is 59.5 Å². The van der Waals surface area contributed by atoms with E-state index >= 15 is 0 Å². The average Bonchev–Trinajstić information content (AvgIpc) is 3.00. The van der Waals surface area contributed by atoms with Crippen molar-refractivity contribution in [3.05, 3.63) is 35.6 Å². The maximum atomic E-state index is 13.4. The van der Waals surface area contributed by atoms with Crippen molar-refractivity contribution in [2.24, 2.45) is 5.41 Å². The van der Waals surface area contributed by atoms with Crippen LogP contribution in [-0.2, 0) is 16.0 Å². The molecule has 0 spiro atoms. The molecular formula is C19H25FN2O3. The molecule has 2 heterocycles. The summed E-state index contributed by atoms with van der Waals surface area (Å²) in [6, 6.07) is 6.47. The van der Waals surface area contributed by atoms with Gasteiger partial charge in [0.15, 0.2) is 0 Å². The van der Waals surface area contributed by atoms with Gasteiger partial charge in [0.05, 0.1) is 6.54 Å². The van der Waals surface area contributed by atoms with Crippen molar-refractivity contribution < 1.29 is 19.1 Å². The summed E-state index contributed by atoms with van der Waals surface area (Å²) in [6.07, 6.45) is 3.33. The van der Waals surface area contributed by atoms with Gasteiger partial charge in [-0.15, -0.1) is 0 Å². The summed E-state index contributed by atoms with van der Waals surface area (Å²) in [5.41, 5.74) is 0.560. The highest BCUT2D eigenvalue weighted by Gasteiger charge is 2.36. The molecule has 2 aliphatic rings. The Morgan fingerprint density at radius 3 is 2.60 bits per heavy atom. The number of amides is 2. The number of halogens is 1. The maximum Gasteiger partial charge on any atom is 0.242 e. The molecule has 0 radical (unpaired) electrons. The summed E-state index contributed by atoms with van der Waals surface area (Å²) in [4.78, 5) is 27.5. The number of rotatable bonds is 5. The van der Waals surface area contributed by atoms with Crippen molar-refractivity contribution in [1.82, 2.24) is 9.80 Å². The van der Waals surface area contributed by atoms with Crippen molar-refractivity contribution in [2.45, 2.75) is 32.1 Å². The molecule has 2 aliphatic heterocycles. The predicted octanol–water partition coefficient (Wildman–Crippen LogP) is 1.59. The predicted molar refractivity (Wildman–Crippen MR) is 91.3 cm³/mol. The summed E-state index contributed by atoms with van der Waals surface area (Å²) in [6.45, 7) is 1.98. The van der Waals surface area contributed by atoms with Gasteiger partial charge in [-0.1, -0.05) is 12.1 Å². The van der Waals surface area contributed by atoms with E-state index in [1.165, 1.54) is 12.1 Å². The van der Waals surface area contributed by atoms with Crippen molar-refractivity contribution in [1.29, 1.82) is 0 Å². The highest BCUT2D eigenvalue weighted by atomic mass is 19.1. The zero-order valence-electron chi connectivity index (χ0n) is 14.4. The van der Waals surface area contributed by atoms with Crippen molar-refractivity contribution in [3.63, 3.8) is 0 Å². The lowest BCUT2D eigenvalue weighted by molar-refractivity contribution is -0.140. The van der Waals surface area contributed by atoms with Gasteiger partial charge in [-0.2, -0.15) is 0 Å². The molecule has 136 valence electrons. The Balaban J connectivity index is 1.57. The lowest BCUT2D eigenvalue weighted by Crippen LogP contribution is -2.48. The van der Waals surface area contributed by atoms with Gasteiger partial charge in [0.2, 0.25) is 11.8 Å². The molecule has 0 saturated carbocycles. The fourth-order valence-corrected chi connectivity index (χ4v) is 3.84. The molecule has 2 fully saturated rings. The Labute approximate surface area is 147 Å². The van der Waals surface area contributed by atoms with Crippen molar-refractivity contribution >= 4 is 11.8 Å². The van der Waals surface area contributed by atoms with Crippen molar-refractivity contribution in [3.8, 4) is 0 Å². The van der Waals surface area contributed by atoms with Crippen LogP contribution in [0.3, 0.4) is 0 Å².